The number of rotatable bonds is 6. The smallest absolute Gasteiger partial charge is 0.259 e. The van der Waals surface area contributed by atoms with Crippen molar-refractivity contribution in [2.75, 3.05) is 0 Å². The van der Waals surface area contributed by atoms with Gasteiger partial charge in [0.1, 0.15) is 11.6 Å². The fraction of sp³-hybridized carbons (Fsp3) is 0.227. The minimum atomic E-state index is -0.719. The number of nitrogens with zero attached hydrogens (tertiary/aromatic N) is 5. The first-order chi connectivity index (χ1) is 15.3. The number of amides is 1. The van der Waals surface area contributed by atoms with E-state index in [1.54, 1.807) is 25.3 Å². The second-order valence-corrected chi connectivity index (χ2v) is 7.49. The van der Waals surface area contributed by atoms with E-state index in [1.165, 1.54) is 16.9 Å². The van der Waals surface area contributed by atoms with Crippen molar-refractivity contribution < 1.29 is 18.1 Å². The van der Waals surface area contributed by atoms with Crippen LogP contribution in [0.4, 0.5) is 8.78 Å². The van der Waals surface area contributed by atoms with Crippen LogP contribution in [0, 0.1) is 18.6 Å². The lowest BCUT2D eigenvalue weighted by molar-refractivity contribution is 0.0950. The zero-order valence-electron chi connectivity index (χ0n) is 17.6. The van der Waals surface area contributed by atoms with Gasteiger partial charge in [-0.15, -0.1) is 0 Å². The highest BCUT2D eigenvalue weighted by Gasteiger charge is 2.17. The molecule has 0 unspecified atom stereocenters. The number of carbonyl (C=O) groups excluding carboxylic acids is 1. The van der Waals surface area contributed by atoms with Crippen LogP contribution in [0.25, 0.3) is 17.3 Å². The molecule has 3 aromatic heterocycles. The summed E-state index contributed by atoms with van der Waals surface area (Å²) in [5, 5.41) is 10.8. The Bertz CT molecular complexity index is 1260. The third-order valence-electron chi connectivity index (χ3n) is 4.88. The molecule has 0 radical (unpaired) electrons. The number of benzene rings is 1. The molecular formula is C22H20F2N6O2. The summed E-state index contributed by atoms with van der Waals surface area (Å²) < 4.78 is 33.6. The molecule has 10 heteroatoms. The predicted octanol–water partition coefficient (Wildman–Crippen LogP) is 3.96. The molecule has 1 aromatic carbocycles. The number of pyridine rings is 1. The van der Waals surface area contributed by atoms with Gasteiger partial charge in [0.05, 0.1) is 23.0 Å². The maximum absolute atomic E-state index is 13.8. The fourth-order valence-electron chi connectivity index (χ4n) is 3.02. The average molecular weight is 438 g/mol. The van der Waals surface area contributed by atoms with E-state index >= 15 is 0 Å². The summed E-state index contributed by atoms with van der Waals surface area (Å²) in [6.07, 6.45) is 3.00. The zero-order chi connectivity index (χ0) is 22.8. The topological polar surface area (TPSA) is 98.7 Å². The second kappa shape index (κ2) is 8.66. The van der Waals surface area contributed by atoms with Gasteiger partial charge >= 0.3 is 0 Å². The van der Waals surface area contributed by atoms with Gasteiger partial charge in [-0.3, -0.25) is 4.79 Å². The van der Waals surface area contributed by atoms with E-state index in [2.05, 4.69) is 25.5 Å². The van der Waals surface area contributed by atoms with E-state index in [1.807, 2.05) is 13.8 Å². The van der Waals surface area contributed by atoms with Gasteiger partial charge in [0.15, 0.2) is 11.6 Å². The van der Waals surface area contributed by atoms with Crippen LogP contribution in [0.1, 0.15) is 47.2 Å². The largest absolute Gasteiger partial charge is 0.348 e. The van der Waals surface area contributed by atoms with Crippen LogP contribution in [0.3, 0.4) is 0 Å². The van der Waals surface area contributed by atoms with Crippen molar-refractivity contribution in [1.82, 2.24) is 30.2 Å². The lowest BCUT2D eigenvalue weighted by atomic mass is 10.2. The standard InChI is InChI=1S/C22H20F2N6O2/c1-12(2)20-28-22(32-29-20)15-5-7-19(25-10-15)30-13(3)17(11-27-30)21(31)26-9-14-4-6-16(23)8-18(14)24/h4-8,10-12H,9H2,1-3H3,(H,26,31). The third kappa shape index (κ3) is 4.25. The van der Waals surface area contributed by atoms with Gasteiger partial charge in [0.25, 0.3) is 11.8 Å². The quantitative estimate of drug-likeness (QED) is 0.489. The minimum Gasteiger partial charge on any atom is -0.348 e. The van der Waals surface area contributed by atoms with E-state index in [9.17, 15) is 13.6 Å². The van der Waals surface area contributed by atoms with Crippen molar-refractivity contribution in [3.8, 4) is 17.3 Å². The first kappa shape index (κ1) is 21.3. The van der Waals surface area contributed by atoms with Crippen molar-refractivity contribution >= 4 is 5.91 Å². The highest BCUT2D eigenvalue weighted by atomic mass is 19.1. The molecule has 0 atom stereocenters. The second-order valence-electron chi connectivity index (χ2n) is 7.49. The molecule has 3 heterocycles. The summed E-state index contributed by atoms with van der Waals surface area (Å²) in [6, 6.07) is 6.71. The average Bonchev–Trinajstić information content (AvgIpc) is 3.40. The summed E-state index contributed by atoms with van der Waals surface area (Å²) in [7, 11) is 0. The molecule has 0 aliphatic heterocycles. The molecule has 164 valence electrons. The van der Waals surface area contributed by atoms with Crippen LogP contribution in [-0.2, 0) is 6.54 Å². The SMILES string of the molecule is Cc1c(C(=O)NCc2ccc(F)cc2F)cnn1-c1ccc(-c2nc(C(C)C)no2)cn1. The van der Waals surface area contributed by atoms with Gasteiger partial charge in [-0.1, -0.05) is 25.1 Å². The Morgan fingerprint density at radius 1 is 1.19 bits per heavy atom. The van der Waals surface area contributed by atoms with Crippen LogP contribution in [0.2, 0.25) is 0 Å². The molecule has 1 N–H and O–H groups in total. The number of halogens is 2. The maximum atomic E-state index is 13.8. The molecule has 0 fully saturated rings. The molecule has 32 heavy (non-hydrogen) atoms. The van der Waals surface area contributed by atoms with Gasteiger partial charge in [-0.25, -0.2) is 18.4 Å². The minimum absolute atomic E-state index is 0.0783. The van der Waals surface area contributed by atoms with Crippen molar-refractivity contribution in [3.05, 3.63) is 77.0 Å². The van der Waals surface area contributed by atoms with Gasteiger partial charge in [0, 0.05) is 30.3 Å². The lowest BCUT2D eigenvalue weighted by Crippen LogP contribution is -2.24. The summed E-state index contributed by atoms with van der Waals surface area (Å²) in [6.45, 7) is 5.59. The summed E-state index contributed by atoms with van der Waals surface area (Å²) in [5.41, 5.74) is 1.72. The molecular weight excluding hydrogens is 418 g/mol. The van der Waals surface area contributed by atoms with Crippen molar-refractivity contribution in [3.63, 3.8) is 0 Å². The highest BCUT2D eigenvalue weighted by Crippen LogP contribution is 2.21. The number of hydrogen-bond acceptors (Lipinski definition) is 6. The van der Waals surface area contributed by atoms with E-state index in [0.29, 0.717) is 34.4 Å². The molecule has 0 spiro atoms. The molecule has 0 saturated heterocycles. The number of aromatic nitrogens is 5. The maximum Gasteiger partial charge on any atom is 0.259 e. The Balaban J connectivity index is 1.48. The van der Waals surface area contributed by atoms with Crippen molar-refractivity contribution in [2.45, 2.75) is 33.2 Å². The Morgan fingerprint density at radius 3 is 2.66 bits per heavy atom. The number of hydrogen-bond donors (Lipinski definition) is 1. The normalized spacial score (nSPS) is 11.2. The molecule has 0 saturated carbocycles. The van der Waals surface area contributed by atoms with E-state index in [4.69, 9.17) is 4.52 Å². The molecule has 1 amide bonds. The molecule has 8 nitrogen and oxygen atoms in total. The van der Waals surface area contributed by atoms with Gasteiger partial charge in [-0.05, 0) is 25.1 Å². The van der Waals surface area contributed by atoms with Crippen LogP contribution >= 0.6 is 0 Å². The highest BCUT2D eigenvalue weighted by molar-refractivity contribution is 5.95. The van der Waals surface area contributed by atoms with Crippen molar-refractivity contribution in [2.24, 2.45) is 0 Å². The Labute approximate surface area is 182 Å². The third-order valence-corrected chi connectivity index (χ3v) is 4.88. The van der Waals surface area contributed by atoms with E-state index in [-0.39, 0.29) is 18.0 Å². The lowest BCUT2D eigenvalue weighted by Gasteiger charge is -2.07. The first-order valence-corrected chi connectivity index (χ1v) is 9.90. The Morgan fingerprint density at radius 2 is 2.00 bits per heavy atom. The molecule has 4 rings (SSSR count). The van der Waals surface area contributed by atoms with E-state index < -0.39 is 17.5 Å². The molecule has 0 aliphatic rings. The van der Waals surface area contributed by atoms with Crippen LogP contribution in [0.15, 0.2) is 47.2 Å². The molecule has 0 bridgehead atoms. The summed E-state index contributed by atoms with van der Waals surface area (Å²) in [5.74, 6) is -0.187. The van der Waals surface area contributed by atoms with Crippen molar-refractivity contribution in [1.29, 1.82) is 0 Å². The van der Waals surface area contributed by atoms with Crippen LogP contribution in [-0.4, -0.2) is 30.8 Å². The van der Waals surface area contributed by atoms with Gasteiger partial charge in [-0.2, -0.15) is 10.1 Å². The number of carbonyl (C=O) groups is 1. The Hall–Kier alpha value is -3.95. The first-order valence-electron chi connectivity index (χ1n) is 9.90. The fourth-order valence-corrected chi connectivity index (χ4v) is 3.02. The summed E-state index contributed by atoms with van der Waals surface area (Å²) in [4.78, 5) is 21.3. The monoisotopic (exact) mass is 438 g/mol. The van der Waals surface area contributed by atoms with Gasteiger partial charge in [0.2, 0.25) is 0 Å². The number of nitrogens with one attached hydrogen (secondary N) is 1. The van der Waals surface area contributed by atoms with Gasteiger partial charge < -0.3 is 9.84 Å². The predicted molar refractivity (Wildman–Crippen MR) is 111 cm³/mol. The molecule has 0 aliphatic carbocycles. The molecule has 4 aromatic rings. The van der Waals surface area contributed by atoms with Crippen LogP contribution < -0.4 is 5.32 Å². The zero-order valence-corrected chi connectivity index (χ0v) is 17.6. The van der Waals surface area contributed by atoms with Crippen LogP contribution in [0.5, 0.6) is 0 Å². The van der Waals surface area contributed by atoms with E-state index in [0.717, 1.165) is 12.1 Å². The summed E-state index contributed by atoms with van der Waals surface area (Å²) >= 11 is 0. The Kier molecular flexibility index (Phi) is 5.76.